The quantitative estimate of drug-likeness (QED) is 0.366. The predicted octanol–water partition coefficient (Wildman–Crippen LogP) is 3.94. The molecule has 1 atom stereocenters. The molecular weight excluding hydrogens is 415 g/mol. The number of rotatable bonds is 5. The van der Waals surface area contributed by atoms with Crippen molar-refractivity contribution in [3.05, 3.63) is 76.8 Å². The number of H-pyrrole nitrogens is 2. The Bertz CT molecular complexity index is 1550. The molecule has 0 saturated carbocycles. The molecule has 1 unspecified atom stereocenters. The minimum absolute atomic E-state index is 0.148. The van der Waals surface area contributed by atoms with Gasteiger partial charge in [0.1, 0.15) is 17.0 Å². The first-order chi connectivity index (χ1) is 16.1. The first-order valence-electron chi connectivity index (χ1n) is 10.7. The van der Waals surface area contributed by atoms with Crippen LogP contribution in [0.4, 0.5) is 4.39 Å². The van der Waals surface area contributed by atoms with Crippen molar-refractivity contribution in [2.24, 2.45) is 10.9 Å². The number of aliphatic imine (C=N–C) groups is 1. The average molecular weight is 439 g/mol. The van der Waals surface area contributed by atoms with Crippen LogP contribution in [-0.2, 0) is 0 Å². The number of aromatic nitrogens is 5. The van der Waals surface area contributed by atoms with Gasteiger partial charge in [-0.25, -0.2) is 9.37 Å². The summed E-state index contributed by atoms with van der Waals surface area (Å²) in [5, 5.41) is 9.57. The monoisotopic (exact) mass is 438 g/mol. The molecule has 6 nitrogen and oxygen atoms in total. The molecule has 0 fully saturated rings. The number of nitrogens with one attached hydrogen (secondary N) is 2. The van der Waals surface area contributed by atoms with Crippen molar-refractivity contribution in [2.45, 2.75) is 13.3 Å². The average Bonchev–Trinajstić information content (AvgIpc) is 3.45. The molecule has 3 heterocycles. The Balaban J connectivity index is 1.60. The molecule has 2 N–H and O–H groups in total. The molecule has 1 aliphatic carbocycles. The molecule has 7 heteroatoms. The molecule has 0 spiro atoms. The predicted molar refractivity (Wildman–Crippen MR) is 130 cm³/mol. The van der Waals surface area contributed by atoms with Crippen LogP contribution in [0.5, 0.6) is 0 Å². The van der Waals surface area contributed by atoms with Crippen molar-refractivity contribution in [3.8, 4) is 22.6 Å². The number of aromatic amines is 2. The summed E-state index contributed by atoms with van der Waals surface area (Å²) >= 11 is 0. The van der Waals surface area contributed by atoms with E-state index < -0.39 is 0 Å². The van der Waals surface area contributed by atoms with Crippen LogP contribution in [-0.4, -0.2) is 38.4 Å². The van der Waals surface area contributed by atoms with Gasteiger partial charge in [0.25, 0.3) is 0 Å². The van der Waals surface area contributed by atoms with E-state index in [2.05, 4.69) is 43.9 Å². The lowest BCUT2D eigenvalue weighted by atomic mass is 9.88. The van der Waals surface area contributed by atoms with Crippen molar-refractivity contribution in [1.29, 1.82) is 0 Å². The molecule has 33 heavy (non-hydrogen) atoms. The first-order valence-corrected chi connectivity index (χ1v) is 10.7. The van der Waals surface area contributed by atoms with E-state index in [1.54, 1.807) is 43.9 Å². The van der Waals surface area contributed by atoms with Crippen molar-refractivity contribution in [1.82, 2.24) is 25.1 Å². The van der Waals surface area contributed by atoms with Gasteiger partial charge >= 0.3 is 0 Å². The third-order valence-corrected chi connectivity index (χ3v) is 5.99. The highest BCUT2D eigenvalue weighted by Gasteiger charge is 2.19. The van der Waals surface area contributed by atoms with E-state index >= 15 is 0 Å². The molecule has 0 aliphatic heterocycles. The highest BCUT2D eigenvalue weighted by atomic mass is 19.1. The minimum atomic E-state index is -0.311. The lowest BCUT2D eigenvalue weighted by Crippen LogP contribution is -2.29. The van der Waals surface area contributed by atoms with Crippen molar-refractivity contribution in [3.63, 3.8) is 0 Å². The van der Waals surface area contributed by atoms with Crippen molar-refractivity contribution >= 4 is 29.4 Å². The van der Waals surface area contributed by atoms with E-state index in [9.17, 15) is 4.39 Å². The fourth-order valence-corrected chi connectivity index (χ4v) is 4.13. The van der Waals surface area contributed by atoms with Crippen LogP contribution in [0, 0.1) is 11.7 Å². The van der Waals surface area contributed by atoms with Gasteiger partial charge in [-0.3, -0.25) is 15.1 Å². The van der Waals surface area contributed by atoms with E-state index in [0.717, 1.165) is 33.7 Å². The van der Waals surface area contributed by atoms with Crippen LogP contribution in [0.25, 0.3) is 45.8 Å². The summed E-state index contributed by atoms with van der Waals surface area (Å²) in [4.78, 5) is 16.4. The van der Waals surface area contributed by atoms with Crippen LogP contribution in [0.15, 0.2) is 65.5 Å². The molecule has 1 aliphatic rings. The molecule has 5 rings (SSSR count). The van der Waals surface area contributed by atoms with E-state index in [1.165, 1.54) is 6.07 Å². The standard InChI is InChI=1S/C26H23FN6/c1-15(10-11-28-3)16(2)17-8-9-22-19(12-17)25(33-32-22)26-30-23-14-29-13-20(24(23)31-26)18-6-4-5-7-21(18)27/h4-7,9-14,17,32H,2,8H2,1,3H3,(H,30,31)/b15-10-,28-11-. The highest BCUT2D eigenvalue weighted by molar-refractivity contribution is 5.92. The van der Waals surface area contributed by atoms with E-state index in [0.29, 0.717) is 28.2 Å². The van der Waals surface area contributed by atoms with Crippen LogP contribution in [0.3, 0.4) is 0 Å². The van der Waals surface area contributed by atoms with Gasteiger partial charge in [-0.15, -0.1) is 0 Å². The number of fused-ring (bicyclic) bond motifs is 2. The molecule has 4 aromatic rings. The molecule has 0 bridgehead atoms. The zero-order valence-corrected chi connectivity index (χ0v) is 18.4. The normalized spacial score (nSPS) is 16.0. The summed E-state index contributed by atoms with van der Waals surface area (Å²) in [5.74, 6) is 0.444. The number of hydrogen-bond acceptors (Lipinski definition) is 4. The Morgan fingerprint density at radius 1 is 1.24 bits per heavy atom. The third-order valence-electron chi connectivity index (χ3n) is 5.99. The van der Waals surface area contributed by atoms with Gasteiger partial charge in [0, 0.05) is 41.7 Å². The Hall–Kier alpha value is -4.13. The topological polar surface area (TPSA) is 82.6 Å². The number of allylic oxidation sites excluding steroid dienone is 3. The van der Waals surface area contributed by atoms with Crippen LogP contribution < -0.4 is 10.6 Å². The van der Waals surface area contributed by atoms with E-state index in [-0.39, 0.29) is 11.7 Å². The van der Waals surface area contributed by atoms with Crippen LogP contribution >= 0.6 is 0 Å². The second-order valence-electron chi connectivity index (χ2n) is 8.04. The lowest BCUT2D eigenvalue weighted by Gasteiger charge is -2.16. The van der Waals surface area contributed by atoms with E-state index in [4.69, 9.17) is 4.98 Å². The second kappa shape index (κ2) is 8.43. The number of benzene rings is 1. The van der Waals surface area contributed by atoms with Crippen LogP contribution in [0.2, 0.25) is 0 Å². The van der Waals surface area contributed by atoms with Crippen molar-refractivity contribution in [2.75, 3.05) is 7.05 Å². The zero-order chi connectivity index (χ0) is 22.9. The maximum Gasteiger partial charge on any atom is 0.159 e. The lowest BCUT2D eigenvalue weighted by molar-refractivity contribution is 0.631. The summed E-state index contributed by atoms with van der Waals surface area (Å²) in [7, 11) is 1.75. The number of hydrogen-bond donors (Lipinski definition) is 2. The fraction of sp³-hybridized carbons (Fsp3) is 0.154. The maximum absolute atomic E-state index is 14.5. The molecule has 3 aromatic heterocycles. The van der Waals surface area contributed by atoms with Gasteiger partial charge in [-0.2, -0.15) is 5.10 Å². The zero-order valence-electron chi connectivity index (χ0n) is 18.4. The molecule has 164 valence electrons. The van der Waals surface area contributed by atoms with Crippen molar-refractivity contribution < 1.29 is 4.39 Å². The summed E-state index contributed by atoms with van der Waals surface area (Å²) in [6.07, 6.45) is 12.2. The number of imidazole rings is 1. The number of halogens is 1. The van der Waals surface area contributed by atoms with E-state index in [1.807, 2.05) is 13.0 Å². The summed E-state index contributed by atoms with van der Waals surface area (Å²) in [6, 6.07) is 6.64. The Kier molecular flexibility index (Phi) is 5.30. The third kappa shape index (κ3) is 3.71. The van der Waals surface area contributed by atoms with Gasteiger partial charge in [0.05, 0.1) is 17.1 Å². The highest BCUT2D eigenvalue weighted by Crippen LogP contribution is 2.30. The smallest absolute Gasteiger partial charge is 0.159 e. The summed E-state index contributed by atoms with van der Waals surface area (Å²) in [5.41, 5.74) is 5.32. The summed E-state index contributed by atoms with van der Waals surface area (Å²) in [6.45, 7) is 6.34. The first kappa shape index (κ1) is 20.8. The molecular formula is C26H23FN6. The van der Waals surface area contributed by atoms with Gasteiger partial charge < -0.3 is 4.98 Å². The fourth-order valence-electron chi connectivity index (χ4n) is 4.13. The minimum Gasteiger partial charge on any atom is -0.335 e. The maximum atomic E-state index is 14.5. The molecule has 1 aromatic carbocycles. The van der Waals surface area contributed by atoms with Gasteiger partial charge in [0.15, 0.2) is 5.82 Å². The second-order valence-corrected chi connectivity index (χ2v) is 8.04. The van der Waals surface area contributed by atoms with Crippen LogP contribution in [0.1, 0.15) is 13.3 Å². The SMILES string of the molecule is C=C(/C(C)=C\C=N/C)C1C=c2c(-c3nc4c(-c5ccccc5F)cncc4[nH]3)n[nH]c2=CC1. The van der Waals surface area contributed by atoms with Gasteiger partial charge in [-0.05, 0) is 36.6 Å². The van der Waals surface area contributed by atoms with Gasteiger partial charge in [0.2, 0.25) is 0 Å². The molecule has 0 amide bonds. The molecule has 0 saturated heterocycles. The number of nitrogens with zero attached hydrogens (tertiary/aromatic N) is 4. The molecule has 0 radical (unpaired) electrons. The summed E-state index contributed by atoms with van der Waals surface area (Å²) < 4.78 is 14.5. The largest absolute Gasteiger partial charge is 0.335 e. The van der Waals surface area contributed by atoms with Gasteiger partial charge in [-0.1, -0.05) is 36.9 Å². The Morgan fingerprint density at radius 3 is 2.91 bits per heavy atom. The Morgan fingerprint density at radius 2 is 2.09 bits per heavy atom. The number of pyridine rings is 1. The Labute approximate surface area is 190 Å².